The number of carbonyl (C=O) groups is 1. The summed E-state index contributed by atoms with van der Waals surface area (Å²) in [5.74, 6) is -0.217. The largest absolute Gasteiger partial charge is 0.364 e. The topological polar surface area (TPSA) is 85.9 Å². The Kier molecular flexibility index (Phi) is 5.10. The number of hydrogen-bond acceptors (Lipinski definition) is 4. The minimum atomic E-state index is -0.494. The Morgan fingerprint density at radius 1 is 1.36 bits per heavy atom. The molecule has 0 spiro atoms. The summed E-state index contributed by atoms with van der Waals surface area (Å²) < 4.78 is 5.67. The number of quaternary nitrogens is 1. The van der Waals surface area contributed by atoms with E-state index in [4.69, 9.17) is 4.74 Å². The quantitative estimate of drug-likeness (QED) is 0.630. The molecule has 1 aromatic carbocycles. The Balaban J connectivity index is 2.07. The molecule has 7 nitrogen and oxygen atoms in total. The Labute approximate surface area is 129 Å². The maximum absolute atomic E-state index is 12.4. The second-order valence-corrected chi connectivity index (χ2v) is 5.81. The molecule has 2 rings (SSSR count). The molecule has 7 heteroatoms. The fourth-order valence-electron chi connectivity index (χ4n) is 2.83. The maximum atomic E-state index is 12.4. The van der Waals surface area contributed by atoms with Crippen LogP contribution in [0.15, 0.2) is 24.3 Å². The molecule has 1 amide bonds. The van der Waals surface area contributed by atoms with Crippen LogP contribution >= 0.6 is 0 Å². The molecule has 120 valence electrons. The lowest BCUT2D eigenvalue weighted by Crippen LogP contribution is -3.19. The van der Waals surface area contributed by atoms with Crippen LogP contribution in [-0.2, 0) is 9.53 Å². The van der Waals surface area contributed by atoms with Gasteiger partial charge in [-0.05, 0) is 26.8 Å². The van der Waals surface area contributed by atoms with E-state index in [1.165, 1.54) is 6.07 Å². The maximum Gasteiger partial charge on any atom is 0.292 e. The smallest absolute Gasteiger partial charge is 0.292 e. The SMILES string of the molecule is C[C@H]1C[NH+]([C@@H](C)C(=O)Nc2ccccc2[N+](=O)[O-])C[C@H](C)O1. The molecule has 1 aliphatic rings. The van der Waals surface area contributed by atoms with Crippen molar-refractivity contribution in [1.29, 1.82) is 0 Å². The van der Waals surface area contributed by atoms with Gasteiger partial charge in [-0.3, -0.25) is 14.9 Å². The molecule has 2 N–H and O–H groups in total. The highest BCUT2D eigenvalue weighted by atomic mass is 16.6. The van der Waals surface area contributed by atoms with Crippen LogP contribution in [-0.4, -0.2) is 42.2 Å². The Hall–Kier alpha value is -1.99. The van der Waals surface area contributed by atoms with E-state index in [2.05, 4.69) is 5.32 Å². The summed E-state index contributed by atoms with van der Waals surface area (Å²) in [7, 11) is 0. The van der Waals surface area contributed by atoms with E-state index in [9.17, 15) is 14.9 Å². The zero-order chi connectivity index (χ0) is 16.3. The summed E-state index contributed by atoms with van der Waals surface area (Å²) in [5, 5.41) is 13.7. The molecule has 0 bridgehead atoms. The van der Waals surface area contributed by atoms with Crippen molar-refractivity contribution in [1.82, 2.24) is 0 Å². The van der Waals surface area contributed by atoms with Gasteiger partial charge in [0.15, 0.2) is 6.04 Å². The predicted octanol–water partition coefficient (Wildman–Crippen LogP) is 0.614. The summed E-state index contributed by atoms with van der Waals surface area (Å²) in [6.45, 7) is 7.31. The van der Waals surface area contributed by atoms with Gasteiger partial charge in [0.1, 0.15) is 31.0 Å². The number of ether oxygens (including phenoxy) is 1. The van der Waals surface area contributed by atoms with Crippen LogP contribution in [0.1, 0.15) is 20.8 Å². The summed E-state index contributed by atoms with van der Waals surface area (Å²) >= 11 is 0. The highest BCUT2D eigenvalue weighted by molar-refractivity contribution is 5.95. The second kappa shape index (κ2) is 6.85. The summed E-state index contributed by atoms with van der Waals surface area (Å²) in [6.07, 6.45) is 0.195. The number of nitrogens with zero attached hydrogens (tertiary/aromatic N) is 1. The number of rotatable bonds is 4. The number of nitro benzene ring substituents is 1. The zero-order valence-electron chi connectivity index (χ0n) is 13.0. The van der Waals surface area contributed by atoms with Gasteiger partial charge < -0.3 is 15.0 Å². The van der Waals surface area contributed by atoms with E-state index in [0.29, 0.717) is 0 Å². The summed E-state index contributed by atoms with van der Waals surface area (Å²) in [4.78, 5) is 24.0. The Bertz CT molecular complexity index is 553. The van der Waals surface area contributed by atoms with Crippen molar-refractivity contribution in [2.24, 2.45) is 0 Å². The number of hydrogen-bond donors (Lipinski definition) is 2. The normalized spacial score (nSPS) is 26.2. The minimum absolute atomic E-state index is 0.0956. The highest BCUT2D eigenvalue weighted by Gasteiger charge is 2.33. The second-order valence-electron chi connectivity index (χ2n) is 5.81. The molecule has 1 heterocycles. The first-order chi connectivity index (χ1) is 10.4. The van der Waals surface area contributed by atoms with Crippen molar-refractivity contribution >= 4 is 17.3 Å². The van der Waals surface area contributed by atoms with Crippen LogP contribution in [0.4, 0.5) is 11.4 Å². The van der Waals surface area contributed by atoms with E-state index in [1.54, 1.807) is 18.2 Å². The van der Waals surface area contributed by atoms with Gasteiger partial charge in [-0.15, -0.1) is 0 Å². The predicted molar refractivity (Wildman–Crippen MR) is 81.9 cm³/mol. The molecule has 0 unspecified atom stereocenters. The van der Waals surface area contributed by atoms with Crippen molar-refractivity contribution in [3.8, 4) is 0 Å². The van der Waals surface area contributed by atoms with E-state index < -0.39 is 4.92 Å². The molecule has 1 aromatic rings. The van der Waals surface area contributed by atoms with Gasteiger partial charge >= 0.3 is 0 Å². The van der Waals surface area contributed by atoms with Crippen molar-refractivity contribution in [3.63, 3.8) is 0 Å². The monoisotopic (exact) mass is 308 g/mol. The molecule has 22 heavy (non-hydrogen) atoms. The lowest BCUT2D eigenvalue weighted by molar-refractivity contribution is -0.928. The molecule has 0 radical (unpaired) electrons. The average molecular weight is 308 g/mol. The number of amides is 1. The molecule has 0 aromatic heterocycles. The number of nitro groups is 1. The third-order valence-corrected chi connectivity index (χ3v) is 3.93. The summed E-state index contributed by atoms with van der Waals surface area (Å²) in [6, 6.07) is 5.87. The summed E-state index contributed by atoms with van der Waals surface area (Å²) in [5.41, 5.74) is 0.139. The van der Waals surface area contributed by atoms with E-state index in [1.807, 2.05) is 20.8 Å². The van der Waals surface area contributed by atoms with Gasteiger partial charge in [0.25, 0.3) is 11.6 Å². The first-order valence-electron chi connectivity index (χ1n) is 7.42. The Morgan fingerprint density at radius 2 is 1.95 bits per heavy atom. The van der Waals surface area contributed by atoms with Gasteiger partial charge in [0, 0.05) is 6.07 Å². The Morgan fingerprint density at radius 3 is 2.55 bits per heavy atom. The number of carbonyl (C=O) groups excluding carboxylic acids is 1. The minimum Gasteiger partial charge on any atom is -0.364 e. The van der Waals surface area contributed by atoms with Crippen LogP contribution in [0.5, 0.6) is 0 Å². The van der Waals surface area contributed by atoms with Crippen LogP contribution in [0, 0.1) is 10.1 Å². The number of nitrogens with one attached hydrogen (secondary N) is 2. The molecular weight excluding hydrogens is 286 g/mol. The molecule has 1 fully saturated rings. The van der Waals surface area contributed by atoms with Crippen molar-refractivity contribution < 1.29 is 19.4 Å². The molecule has 0 aliphatic carbocycles. The molecule has 1 saturated heterocycles. The van der Waals surface area contributed by atoms with Crippen LogP contribution in [0.25, 0.3) is 0 Å². The van der Waals surface area contributed by atoms with Crippen molar-refractivity contribution in [3.05, 3.63) is 34.4 Å². The number of benzene rings is 1. The standard InChI is InChI=1S/C15H21N3O4/c1-10-8-17(9-11(2)22-10)12(3)15(19)16-13-6-4-5-7-14(13)18(20)21/h4-7,10-12H,8-9H2,1-3H3,(H,16,19)/p+1/t10-,11-,12-/m0/s1. The molecule has 1 aliphatic heterocycles. The molecule has 0 saturated carbocycles. The van der Waals surface area contributed by atoms with Gasteiger partial charge in [-0.2, -0.15) is 0 Å². The highest BCUT2D eigenvalue weighted by Crippen LogP contribution is 2.23. The number of morpholine rings is 1. The van der Waals surface area contributed by atoms with E-state index in [0.717, 1.165) is 18.0 Å². The lowest BCUT2D eigenvalue weighted by Gasteiger charge is -2.35. The number of anilines is 1. The lowest BCUT2D eigenvalue weighted by atomic mass is 10.1. The van der Waals surface area contributed by atoms with Gasteiger partial charge in [0.05, 0.1) is 4.92 Å². The van der Waals surface area contributed by atoms with Crippen LogP contribution in [0.3, 0.4) is 0 Å². The third-order valence-electron chi connectivity index (χ3n) is 3.93. The first-order valence-corrected chi connectivity index (χ1v) is 7.42. The zero-order valence-corrected chi connectivity index (χ0v) is 13.0. The average Bonchev–Trinajstić information content (AvgIpc) is 2.45. The van der Waals surface area contributed by atoms with Crippen molar-refractivity contribution in [2.75, 3.05) is 18.4 Å². The molecule has 3 atom stereocenters. The van der Waals surface area contributed by atoms with Gasteiger partial charge in [0.2, 0.25) is 0 Å². The van der Waals surface area contributed by atoms with E-state index in [-0.39, 0.29) is 35.5 Å². The first kappa shape index (κ1) is 16.4. The fourth-order valence-corrected chi connectivity index (χ4v) is 2.83. The molecular formula is C15H22N3O4+. The van der Waals surface area contributed by atoms with Crippen molar-refractivity contribution in [2.45, 2.75) is 39.0 Å². The number of para-hydroxylation sites is 2. The third kappa shape index (κ3) is 3.80. The van der Waals surface area contributed by atoms with E-state index >= 15 is 0 Å². The fraction of sp³-hybridized carbons (Fsp3) is 0.533. The van der Waals surface area contributed by atoms with Crippen LogP contribution in [0.2, 0.25) is 0 Å². The van der Waals surface area contributed by atoms with Gasteiger partial charge in [-0.1, -0.05) is 12.1 Å². The van der Waals surface area contributed by atoms with Crippen LogP contribution < -0.4 is 10.2 Å². The van der Waals surface area contributed by atoms with Gasteiger partial charge in [-0.25, -0.2) is 0 Å².